The monoisotopic (exact) mass is 558 g/mol. The minimum atomic E-state index is -0.363. The third-order valence-corrected chi connectivity index (χ3v) is 7.63. The van der Waals surface area contributed by atoms with E-state index in [0.717, 1.165) is 39.0 Å². The third-order valence-electron chi connectivity index (χ3n) is 7.38. The van der Waals surface area contributed by atoms with Crippen molar-refractivity contribution in [2.45, 2.75) is 32.2 Å². The van der Waals surface area contributed by atoms with E-state index in [-0.39, 0.29) is 30.2 Å². The van der Waals surface area contributed by atoms with Crippen LogP contribution in [0.2, 0.25) is 5.02 Å². The van der Waals surface area contributed by atoms with E-state index in [4.69, 9.17) is 17.3 Å². The van der Waals surface area contributed by atoms with Crippen molar-refractivity contribution in [1.29, 1.82) is 0 Å². The summed E-state index contributed by atoms with van der Waals surface area (Å²) in [5.74, 6) is -0.527. The van der Waals surface area contributed by atoms with Gasteiger partial charge in [0.25, 0.3) is 0 Å². The van der Waals surface area contributed by atoms with Crippen LogP contribution in [0.4, 0.5) is 5.69 Å². The first-order valence-electron chi connectivity index (χ1n) is 13.7. The Balaban J connectivity index is 1.39. The lowest BCUT2D eigenvalue weighted by atomic mass is 9.96. The molecule has 0 bridgehead atoms. The molecule has 2 aromatic carbocycles. The lowest BCUT2D eigenvalue weighted by molar-refractivity contribution is -0.133. The minimum absolute atomic E-state index is 0.121. The number of nitrogens with zero attached hydrogens (tertiary/aromatic N) is 3. The highest BCUT2D eigenvalue weighted by molar-refractivity contribution is 6.30. The van der Waals surface area contributed by atoms with Crippen molar-refractivity contribution in [3.05, 3.63) is 83.1 Å². The number of anilines is 1. The molecule has 1 saturated heterocycles. The fraction of sp³-hybridized carbons (Fsp3) is 0.323. The van der Waals surface area contributed by atoms with Gasteiger partial charge in [0.15, 0.2) is 0 Å². The molecule has 208 valence electrons. The second kappa shape index (κ2) is 12.1. The number of aromatic nitrogens is 2. The van der Waals surface area contributed by atoms with Gasteiger partial charge in [0, 0.05) is 67.1 Å². The summed E-state index contributed by atoms with van der Waals surface area (Å²) in [6.07, 6.45) is 3.96. The molecule has 0 saturated carbocycles. The fourth-order valence-electron chi connectivity index (χ4n) is 5.36. The Kier molecular flexibility index (Phi) is 8.38. The molecule has 9 heteroatoms. The predicted molar refractivity (Wildman–Crippen MR) is 161 cm³/mol. The van der Waals surface area contributed by atoms with Crippen molar-refractivity contribution in [3.63, 3.8) is 0 Å². The van der Waals surface area contributed by atoms with Gasteiger partial charge in [-0.15, -0.1) is 0 Å². The van der Waals surface area contributed by atoms with Crippen LogP contribution in [0.1, 0.15) is 30.9 Å². The second-order valence-electron chi connectivity index (χ2n) is 10.6. The van der Waals surface area contributed by atoms with E-state index in [1.807, 2.05) is 71.9 Å². The molecule has 0 spiro atoms. The lowest BCUT2D eigenvalue weighted by Crippen LogP contribution is -2.51. The molecule has 40 heavy (non-hydrogen) atoms. The van der Waals surface area contributed by atoms with E-state index < -0.39 is 0 Å². The van der Waals surface area contributed by atoms with Gasteiger partial charge in [0.2, 0.25) is 11.8 Å². The van der Waals surface area contributed by atoms with Crippen molar-refractivity contribution in [3.8, 4) is 11.1 Å². The highest BCUT2D eigenvalue weighted by Crippen LogP contribution is 2.37. The van der Waals surface area contributed by atoms with Gasteiger partial charge in [-0.3, -0.25) is 9.59 Å². The largest absolute Gasteiger partial charge is 0.369 e. The number of H-pyrrole nitrogens is 1. The standard InChI is InChI=1S/C31H35ClN6O2/c1-20(2)35-19-27(22-6-8-24(32)9-7-22)31(40)38-14-12-37(13-15-38)29-25-10-11-34-30(25)36-18-26(29)23-5-3-4-21(16-23)17-28(33)39/h3-11,16,18,20,27,35H,12-15,17,19H2,1-2H3,(H2,33,39)(H,34,36). The number of pyridine rings is 1. The van der Waals surface area contributed by atoms with Crippen molar-refractivity contribution < 1.29 is 9.59 Å². The molecule has 4 aromatic rings. The molecule has 2 aromatic heterocycles. The number of piperazine rings is 1. The van der Waals surface area contributed by atoms with Crippen LogP contribution in [0, 0.1) is 0 Å². The van der Waals surface area contributed by atoms with E-state index in [2.05, 4.69) is 34.0 Å². The number of rotatable bonds is 9. The average Bonchev–Trinajstić information content (AvgIpc) is 3.42. The zero-order valence-electron chi connectivity index (χ0n) is 22.9. The molecule has 1 atom stereocenters. The summed E-state index contributed by atoms with van der Waals surface area (Å²) in [6.45, 7) is 7.34. The number of halogens is 1. The predicted octanol–water partition coefficient (Wildman–Crippen LogP) is 4.34. The van der Waals surface area contributed by atoms with Gasteiger partial charge in [-0.1, -0.05) is 61.8 Å². The summed E-state index contributed by atoms with van der Waals surface area (Å²) in [5.41, 5.74) is 11.1. The third kappa shape index (κ3) is 6.13. The van der Waals surface area contributed by atoms with Gasteiger partial charge in [0.05, 0.1) is 18.0 Å². The zero-order chi connectivity index (χ0) is 28.2. The fourth-order valence-corrected chi connectivity index (χ4v) is 5.49. The number of aromatic amines is 1. The van der Waals surface area contributed by atoms with Crippen molar-refractivity contribution in [1.82, 2.24) is 20.2 Å². The average molecular weight is 559 g/mol. The summed E-state index contributed by atoms with van der Waals surface area (Å²) in [5, 5.41) is 5.13. The van der Waals surface area contributed by atoms with Gasteiger partial charge in [-0.25, -0.2) is 4.98 Å². The van der Waals surface area contributed by atoms with Crippen LogP contribution < -0.4 is 16.0 Å². The number of primary amides is 1. The number of amides is 2. The summed E-state index contributed by atoms with van der Waals surface area (Å²) in [7, 11) is 0. The maximum atomic E-state index is 13.8. The van der Waals surface area contributed by atoms with Crippen LogP contribution in [-0.4, -0.2) is 65.4 Å². The molecule has 4 N–H and O–H groups in total. The Bertz CT molecular complexity index is 1490. The Morgan fingerprint density at radius 2 is 1.82 bits per heavy atom. The number of hydrogen-bond acceptors (Lipinski definition) is 5. The Labute approximate surface area is 239 Å². The molecular weight excluding hydrogens is 524 g/mol. The van der Waals surface area contributed by atoms with Crippen molar-refractivity contribution in [2.75, 3.05) is 37.6 Å². The Morgan fingerprint density at radius 1 is 1.07 bits per heavy atom. The first-order chi connectivity index (χ1) is 19.3. The van der Waals surface area contributed by atoms with Crippen LogP contribution in [0.15, 0.2) is 67.0 Å². The van der Waals surface area contributed by atoms with Gasteiger partial charge < -0.3 is 25.8 Å². The van der Waals surface area contributed by atoms with Crippen LogP contribution >= 0.6 is 11.6 Å². The van der Waals surface area contributed by atoms with E-state index in [9.17, 15) is 9.59 Å². The van der Waals surface area contributed by atoms with Crippen LogP contribution in [0.5, 0.6) is 0 Å². The molecule has 8 nitrogen and oxygen atoms in total. The summed E-state index contributed by atoms with van der Waals surface area (Å²) < 4.78 is 0. The Hall–Kier alpha value is -3.88. The van der Waals surface area contributed by atoms with Gasteiger partial charge >= 0.3 is 0 Å². The maximum Gasteiger partial charge on any atom is 0.231 e. The lowest BCUT2D eigenvalue weighted by Gasteiger charge is -2.38. The van der Waals surface area contributed by atoms with Crippen molar-refractivity contribution >= 4 is 40.1 Å². The van der Waals surface area contributed by atoms with E-state index in [1.54, 1.807) is 0 Å². The summed E-state index contributed by atoms with van der Waals surface area (Å²) in [4.78, 5) is 37.5. The molecule has 1 fully saturated rings. The number of fused-ring (bicyclic) bond motifs is 1. The molecule has 5 rings (SSSR count). The van der Waals surface area contributed by atoms with Crippen molar-refractivity contribution in [2.24, 2.45) is 5.73 Å². The van der Waals surface area contributed by atoms with E-state index in [0.29, 0.717) is 37.7 Å². The number of hydrogen-bond donors (Lipinski definition) is 3. The maximum absolute atomic E-state index is 13.8. The summed E-state index contributed by atoms with van der Waals surface area (Å²) >= 11 is 6.12. The second-order valence-corrected chi connectivity index (χ2v) is 11.0. The first-order valence-corrected chi connectivity index (χ1v) is 14.0. The Morgan fingerprint density at radius 3 is 2.52 bits per heavy atom. The number of nitrogens with one attached hydrogen (secondary N) is 2. The SMILES string of the molecule is CC(C)NCC(C(=O)N1CCN(c2c(-c3cccc(CC(N)=O)c3)cnc3[nH]ccc23)CC1)c1ccc(Cl)cc1. The molecular formula is C31H35ClN6O2. The summed E-state index contributed by atoms with van der Waals surface area (Å²) in [6, 6.07) is 17.8. The van der Waals surface area contributed by atoms with Crippen LogP contribution in [0.25, 0.3) is 22.2 Å². The number of benzene rings is 2. The van der Waals surface area contributed by atoms with Gasteiger partial charge in [0.1, 0.15) is 5.65 Å². The zero-order valence-corrected chi connectivity index (χ0v) is 23.6. The highest BCUT2D eigenvalue weighted by Gasteiger charge is 2.30. The molecule has 1 aliphatic rings. The molecule has 0 aliphatic carbocycles. The topological polar surface area (TPSA) is 107 Å². The minimum Gasteiger partial charge on any atom is -0.369 e. The van der Waals surface area contributed by atoms with E-state index >= 15 is 0 Å². The molecule has 3 heterocycles. The van der Waals surface area contributed by atoms with Crippen LogP contribution in [0.3, 0.4) is 0 Å². The normalized spacial score (nSPS) is 14.6. The van der Waals surface area contributed by atoms with Gasteiger partial charge in [-0.2, -0.15) is 0 Å². The number of carbonyl (C=O) groups is 2. The highest BCUT2D eigenvalue weighted by atomic mass is 35.5. The quantitative estimate of drug-likeness (QED) is 0.283. The van der Waals surface area contributed by atoms with Crippen LogP contribution in [-0.2, 0) is 16.0 Å². The molecule has 0 radical (unpaired) electrons. The molecule has 1 unspecified atom stereocenters. The van der Waals surface area contributed by atoms with Gasteiger partial charge in [-0.05, 0) is 34.9 Å². The smallest absolute Gasteiger partial charge is 0.231 e. The number of carbonyl (C=O) groups excluding carboxylic acids is 2. The molecule has 2 amide bonds. The molecule has 1 aliphatic heterocycles. The van der Waals surface area contributed by atoms with E-state index in [1.165, 1.54) is 0 Å². The first kappa shape index (κ1) is 27.7. The number of nitrogens with two attached hydrogens (primary N) is 1.